The number of hydrogen-bond donors (Lipinski definition) is 2. The van der Waals surface area contributed by atoms with Crippen LogP contribution in [0.2, 0.25) is 0 Å². The molecule has 0 spiro atoms. The van der Waals surface area contributed by atoms with Crippen molar-refractivity contribution in [2.75, 3.05) is 6.54 Å². The molecular formula is C22H20N2O6. The average molecular weight is 408 g/mol. The number of hydrogen-bond acceptors (Lipinski definition) is 6. The van der Waals surface area contributed by atoms with E-state index in [2.05, 4.69) is 10.6 Å². The van der Waals surface area contributed by atoms with Crippen molar-refractivity contribution in [3.05, 3.63) is 89.9 Å². The van der Waals surface area contributed by atoms with E-state index in [1.54, 1.807) is 18.2 Å². The van der Waals surface area contributed by atoms with Crippen molar-refractivity contribution in [1.82, 2.24) is 10.6 Å². The molecule has 3 rings (SSSR count). The maximum absolute atomic E-state index is 12.5. The fourth-order valence-electron chi connectivity index (χ4n) is 2.45. The molecule has 0 saturated carbocycles. The van der Waals surface area contributed by atoms with Gasteiger partial charge in [0.15, 0.2) is 5.76 Å². The Morgan fingerprint density at radius 2 is 1.70 bits per heavy atom. The van der Waals surface area contributed by atoms with E-state index in [0.29, 0.717) is 5.76 Å². The Kier molecular flexibility index (Phi) is 7.21. The monoisotopic (exact) mass is 408 g/mol. The van der Waals surface area contributed by atoms with E-state index >= 15 is 0 Å². The third-order valence-corrected chi connectivity index (χ3v) is 3.92. The number of amides is 2. The number of esters is 1. The molecule has 1 aromatic carbocycles. The molecule has 8 nitrogen and oxygen atoms in total. The Hall–Kier alpha value is -4.07. The number of carbonyl (C=O) groups excluding carboxylic acids is 3. The molecule has 30 heavy (non-hydrogen) atoms. The molecule has 0 aliphatic carbocycles. The van der Waals surface area contributed by atoms with Gasteiger partial charge in [-0.2, -0.15) is 0 Å². The summed E-state index contributed by atoms with van der Waals surface area (Å²) < 4.78 is 15.4. The van der Waals surface area contributed by atoms with Crippen molar-refractivity contribution in [2.24, 2.45) is 0 Å². The summed E-state index contributed by atoms with van der Waals surface area (Å²) in [6.07, 6.45) is 4.16. The quantitative estimate of drug-likeness (QED) is 0.416. The maximum atomic E-state index is 12.5. The molecule has 0 atom stereocenters. The molecule has 0 unspecified atom stereocenters. The van der Waals surface area contributed by atoms with E-state index in [0.717, 1.165) is 5.56 Å². The van der Waals surface area contributed by atoms with E-state index in [4.69, 9.17) is 13.6 Å². The largest absolute Gasteiger partial charge is 0.465 e. The summed E-state index contributed by atoms with van der Waals surface area (Å²) in [7, 11) is 0. The first-order valence-corrected chi connectivity index (χ1v) is 9.19. The second-order valence-corrected chi connectivity index (χ2v) is 6.16. The predicted octanol–water partition coefficient (Wildman–Crippen LogP) is 2.89. The Labute approximate surface area is 172 Å². The first-order chi connectivity index (χ1) is 14.6. The molecule has 0 radical (unpaired) electrons. The van der Waals surface area contributed by atoms with Gasteiger partial charge in [0.2, 0.25) is 0 Å². The van der Waals surface area contributed by atoms with E-state index in [9.17, 15) is 14.4 Å². The van der Waals surface area contributed by atoms with Crippen molar-refractivity contribution >= 4 is 23.9 Å². The number of benzene rings is 1. The lowest BCUT2D eigenvalue weighted by molar-refractivity contribution is -0.144. The standard InChI is InChI=1S/C22H20N2O6/c25-20(30-15-16-6-2-1-3-7-16)10-11-23-21(26)18(14-17-8-4-12-28-17)24-22(27)19-9-5-13-29-19/h1-9,12-14H,10-11,15H2,(H,23,26)(H,24,27)/b18-14+. The summed E-state index contributed by atoms with van der Waals surface area (Å²) in [6.45, 7) is 0.203. The first kappa shape index (κ1) is 20.7. The summed E-state index contributed by atoms with van der Waals surface area (Å²) in [6, 6.07) is 15.6. The van der Waals surface area contributed by atoms with Crippen LogP contribution in [0.1, 0.15) is 28.3 Å². The molecule has 154 valence electrons. The predicted molar refractivity (Wildman–Crippen MR) is 107 cm³/mol. The van der Waals surface area contributed by atoms with Gasteiger partial charge >= 0.3 is 5.97 Å². The van der Waals surface area contributed by atoms with E-state index in [-0.39, 0.29) is 31.0 Å². The molecule has 3 aromatic rings. The molecule has 2 aromatic heterocycles. The molecule has 0 aliphatic rings. The highest BCUT2D eigenvalue weighted by atomic mass is 16.5. The average Bonchev–Trinajstić information content (AvgIpc) is 3.47. The molecule has 0 fully saturated rings. The fourth-order valence-corrected chi connectivity index (χ4v) is 2.45. The molecule has 8 heteroatoms. The van der Waals surface area contributed by atoms with Gasteiger partial charge in [-0.05, 0) is 29.8 Å². The summed E-state index contributed by atoms with van der Waals surface area (Å²) in [5, 5.41) is 5.06. The number of rotatable bonds is 9. The molecular weight excluding hydrogens is 388 g/mol. The zero-order valence-electron chi connectivity index (χ0n) is 16.0. The van der Waals surface area contributed by atoms with Gasteiger partial charge in [-0.25, -0.2) is 0 Å². The highest BCUT2D eigenvalue weighted by Gasteiger charge is 2.17. The summed E-state index contributed by atoms with van der Waals surface area (Å²) in [5.74, 6) is -1.19. The van der Waals surface area contributed by atoms with Gasteiger partial charge in [-0.15, -0.1) is 0 Å². The first-order valence-electron chi connectivity index (χ1n) is 9.19. The summed E-state index contributed by atoms with van der Waals surface area (Å²) >= 11 is 0. The number of nitrogens with one attached hydrogen (secondary N) is 2. The number of ether oxygens (including phenoxy) is 1. The van der Waals surface area contributed by atoms with E-state index in [1.807, 2.05) is 30.3 Å². The third-order valence-electron chi connectivity index (χ3n) is 3.92. The van der Waals surface area contributed by atoms with Gasteiger partial charge in [0.05, 0.1) is 18.9 Å². The van der Waals surface area contributed by atoms with Crippen LogP contribution in [-0.4, -0.2) is 24.3 Å². The zero-order chi connectivity index (χ0) is 21.2. The summed E-state index contributed by atoms with van der Waals surface area (Å²) in [4.78, 5) is 36.6. The van der Waals surface area contributed by atoms with Gasteiger partial charge in [-0.3, -0.25) is 14.4 Å². The van der Waals surface area contributed by atoms with Gasteiger partial charge in [-0.1, -0.05) is 30.3 Å². The molecule has 2 amide bonds. The fraction of sp³-hybridized carbons (Fsp3) is 0.136. The van der Waals surface area contributed by atoms with Crippen LogP contribution in [-0.2, 0) is 20.9 Å². The van der Waals surface area contributed by atoms with Crippen LogP contribution in [0.4, 0.5) is 0 Å². The highest BCUT2D eigenvalue weighted by Crippen LogP contribution is 2.08. The van der Waals surface area contributed by atoms with E-state index in [1.165, 1.54) is 24.7 Å². The second kappa shape index (κ2) is 10.5. The Balaban J connectivity index is 1.52. The van der Waals surface area contributed by atoms with Crippen molar-refractivity contribution < 1.29 is 28.0 Å². The van der Waals surface area contributed by atoms with Crippen molar-refractivity contribution in [3.63, 3.8) is 0 Å². The molecule has 2 N–H and O–H groups in total. The highest BCUT2D eigenvalue weighted by molar-refractivity contribution is 6.04. The minimum Gasteiger partial charge on any atom is -0.465 e. The van der Waals surface area contributed by atoms with Crippen LogP contribution in [0.25, 0.3) is 6.08 Å². The van der Waals surface area contributed by atoms with Crippen LogP contribution in [0.5, 0.6) is 0 Å². The zero-order valence-corrected chi connectivity index (χ0v) is 16.0. The van der Waals surface area contributed by atoms with Crippen LogP contribution in [0, 0.1) is 0 Å². The Bertz CT molecular complexity index is 992. The van der Waals surface area contributed by atoms with Gasteiger partial charge in [0.25, 0.3) is 11.8 Å². The van der Waals surface area contributed by atoms with Gasteiger partial charge < -0.3 is 24.2 Å². The lowest BCUT2D eigenvalue weighted by Crippen LogP contribution is -2.35. The number of furan rings is 2. The maximum Gasteiger partial charge on any atom is 0.307 e. The van der Waals surface area contributed by atoms with Crippen LogP contribution >= 0.6 is 0 Å². The molecule has 0 saturated heterocycles. The summed E-state index contributed by atoms with van der Waals surface area (Å²) in [5.41, 5.74) is 0.822. The lowest BCUT2D eigenvalue weighted by Gasteiger charge is -2.10. The van der Waals surface area contributed by atoms with Gasteiger partial charge in [0, 0.05) is 12.6 Å². The Morgan fingerprint density at radius 3 is 2.40 bits per heavy atom. The topological polar surface area (TPSA) is 111 Å². The van der Waals surface area contributed by atoms with E-state index < -0.39 is 17.8 Å². The smallest absolute Gasteiger partial charge is 0.307 e. The van der Waals surface area contributed by atoms with Crippen LogP contribution in [0.15, 0.2) is 81.7 Å². The van der Waals surface area contributed by atoms with Crippen LogP contribution in [0.3, 0.4) is 0 Å². The molecule has 0 aliphatic heterocycles. The minimum atomic E-state index is -0.588. The van der Waals surface area contributed by atoms with Crippen molar-refractivity contribution in [3.8, 4) is 0 Å². The normalized spacial score (nSPS) is 11.0. The third kappa shape index (κ3) is 6.23. The second-order valence-electron chi connectivity index (χ2n) is 6.16. The van der Waals surface area contributed by atoms with Gasteiger partial charge in [0.1, 0.15) is 18.1 Å². The minimum absolute atomic E-state index is 0.0151. The Morgan fingerprint density at radius 1 is 0.933 bits per heavy atom. The van der Waals surface area contributed by atoms with Crippen molar-refractivity contribution in [1.29, 1.82) is 0 Å². The van der Waals surface area contributed by atoms with Crippen LogP contribution < -0.4 is 10.6 Å². The molecule has 0 bridgehead atoms. The van der Waals surface area contributed by atoms with Crippen molar-refractivity contribution in [2.45, 2.75) is 13.0 Å². The molecule has 2 heterocycles. The lowest BCUT2D eigenvalue weighted by atomic mass is 10.2. The number of carbonyl (C=O) groups is 3. The SMILES string of the molecule is O=C(CCNC(=O)/C(=C\c1ccco1)NC(=O)c1ccco1)OCc1ccccc1.